The number of nitrogens with zero attached hydrogens (tertiary/aromatic N) is 2. The molecule has 6 heteroatoms. The van der Waals surface area contributed by atoms with Crippen LogP contribution in [0, 0.1) is 0 Å². The molecule has 0 atom stereocenters. The van der Waals surface area contributed by atoms with Crippen LogP contribution < -0.4 is 5.32 Å². The van der Waals surface area contributed by atoms with E-state index in [-0.39, 0.29) is 18.1 Å². The first kappa shape index (κ1) is 10.6. The van der Waals surface area contributed by atoms with Crippen molar-refractivity contribution in [1.82, 2.24) is 9.97 Å². The summed E-state index contributed by atoms with van der Waals surface area (Å²) in [6.07, 6.45) is 1.39. The molecule has 0 fully saturated rings. The SMILES string of the molecule is CNc1nccc(C(=O)O)n1.Cl. The predicted octanol–water partition coefficient (Wildman–Crippen LogP) is 0.638. The number of anilines is 1. The van der Waals surface area contributed by atoms with E-state index in [0.29, 0.717) is 5.95 Å². The second-order valence-corrected chi connectivity index (χ2v) is 1.82. The van der Waals surface area contributed by atoms with Crippen LogP contribution in [0.3, 0.4) is 0 Å². The molecule has 0 saturated carbocycles. The van der Waals surface area contributed by atoms with E-state index in [2.05, 4.69) is 15.3 Å². The van der Waals surface area contributed by atoms with E-state index in [0.717, 1.165) is 0 Å². The quantitative estimate of drug-likeness (QED) is 0.714. The van der Waals surface area contributed by atoms with Gasteiger partial charge in [-0.15, -0.1) is 12.4 Å². The minimum absolute atomic E-state index is 0. The van der Waals surface area contributed by atoms with E-state index in [1.807, 2.05) is 0 Å². The molecule has 0 saturated heterocycles. The summed E-state index contributed by atoms with van der Waals surface area (Å²) in [5.74, 6) is -0.742. The summed E-state index contributed by atoms with van der Waals surface area (Å²) in [6, 6.07) is 1.34. The first-order chi connectivity index (χ1) is 5.24. The second kappa shape index (κ2) is 4.50. The zero-order valence-electron chi connectivity index (χ0n) is 6.31. The average molecular weight is 190 g/mol. The van der Waals surface area contributed by atoms with E-state index < -0.39 is 5.97 Å². The van der Waals surface area contributed by atoms with Gasteiger partial charge in [-0.05, 0) is 6.07 Å². The molecule has 0 aliphatic rings. The lowest BCUT2D eigenvalue weighted by atomic mass is 10.4. The number of nitrogens with one attached hydrogen (secondary N) is 1. The van der Waals surface area contributed by atoms with Gasteiger partial charge in [0, 0.05) is 13.2 Å². The summed E-state index contributed by atoms with van der Waals surface area (Å²) in [6.45, 7) is 0. The summed E-state index contributed by atoms with van der Waals surface area (Å²) in [5.41, 5.74) is -0.00986. The molecular weight excluding hydrogens is 182 g/mol. The highest BCUT2D eigenvalue weighted by atomic mass is 35.5. The van der Waals surface area contributed by atoms with Gasteiger partial charge in [0.15, 0.2) is 5.69 Å². The van der Waals surface area contributed by atoms with Gasteiger partial charge < -0.3 is 10.4 Å². The van der Waals surface area contributed by atoms with Gasteiger partial charge in [-0.3, -0.25) is 0 Å². The Kier molecular flexibility index (Phi) is 3.99. The highest BCUT2D eigenvalue weighted by Gasteiger charge is 2.03. The van der Waals surface area contributed by atoms with Crippen LogP contribution in [-0.2, 0) is 0 Å². The molecular formula is C6H8ClN3O2. The van der Waals surface area contributed by atoms with E-state index in [1.54, 1.807) is 7.05 Å². The first-order valence-electron chi connectivity index (χ1n) is 2.98. The maximum absolute atomic E-state index is 10.4. The molecule has 0 bridgehead atoms. The minimum atomic E-state index is -1.05. The maximum Gasteiger partial charge on any atom is 0.354 e. The Bertz CT molecular complexity index is 279. The van der Waals surface area contributed by atoms with E-state index in [4.69, 9.17) is 5.11 Å². The summed E-state index contributed by atoms with van der Waals surface area (Å²) in [4.78, 5) is 17.8. The van der Waals surface area contributed by atoms with Crippen molar-refractivity contribution in [1.29, 1.82) is 0 Å². The van der Waals surface area contributed by atoms with Crippen molar-refractivity contribution in [2.75, 3.05) is 12.4 Å². The van der Waals surface area contributed by atoms with Crippen molar-refractivity contribution < 1.29 is 9.90 Å². The lowest BCUT2D eigenvalue weighted by Gasteiger charge is -1.96. The van der Waals surface area contributed by atoms with Crippen molar-refractivity contribution in [3.8, 4) is 0 Å². The lowest BCUT2D eigenvalue weighted by molar-refractivity contribution is 0.0690. The summed E-state index contributed by atoms with van der Waals surface area (Å²) in [5, 5.41) is 11.1. The van der Waals surface area contributed by atoms with Gasteiger partial charge in [0.05, 0.1) is 0 Å². The van der Waals surface area contributed by atoms with Gasteiger partial charge in [-0.1, -0.05) is 0 Å². The smallest absolute Gasteiger partial charge is 0.354 e. The standard InChI is InChI=1S/C6H7N3O2.ClH/c1-7-6-8-3-2-4(9-6)5(10)11;/h2-3H,1H3,(H,10,11)(H,7,8,9);1H. The van der Waals surface area contributed by atoms with Crippen LogP contribution >= 0.6 is 12.4 Å². The van der Waals surface area contributed by atoms with Crippen LogP contribution in [0.2, 0.25) is 0 Å². The third-order valence-corrected chi connectivity index (χ3v) is 1.10. The van der Waals surface area contributed by atoms with Gasteiger partial charge in [0.1, 0.15) is 0 Å². The molecule has 0 aliphatic heterocycles. The Hall–Kier alpha value is -1.36. The Morgan fingerprint density at radius 2 is 2.33 bits per heavy atom. The van der Waals surface area contributed by atoms with Crippen LogP contribution in [-0.4, -0.2) is 28.1 Å². The highest BCUT2D eigenvalue weighted by Crippen LogP contribution is 1.98. The number of carboxylic acid groups (broad SMARTS) is 1. The molecule has 2 N–H and O–H groups in total. The Balaban J connectivity index is 0.00000121. The molecule has 0 unspecified atom stereocenters. The fraction of sp³-hybridized carbons (Fsp3) is 0.167. The number of hydrogen-bond acceptors (Lipinski definition) is 4. The number of aromatic carboxylic acids is 1. The molecule has 12 heavy (non-hydrogen) atoms. The zero-order chi connectivity index (χ0) is 8.27. The largest absolute Gasteiger partial charge is 0.477 e. The third kappa shape index (κ3) is 2.35. The highest BCUT2D eigenvalue weighted by molar-refractivity contribution is 5.85. The van der Waals surface area contributed by atoms with E-state index >= 15 is 0 Å². The molecule has 5 nitrogen and oxygen atoms in total. The minimum Gasteiger partial charge on any atom is -0.477 e. The molecule has 1 aromatic rings. The number of hydrogen-bond donors (Lipinski definition) is 2. The molecule has 0 amide bonds. The number of halogens is 1. The molecule has 1 heterocycles. The van der Waals surface area contributed by atoms with E-state index in [1.165, 1.54) is 12.3 Å². The number of rotatable bonds is 2. The van der Waals surface area contributed by atoms with Crippen molar-refractivity contribution in [2.45, 2.75) is 0 Å². The van der Waals surface area contributed by atoms with Crippen molar-refractivity contribution >= 4 is 24.3 Å². The molecule has 1 aromatic heterocycles. The van der Waals surface area contributed by atoms with E-state index in [9.17, 15) is 4.79 Å². The Morgan fingerprint density at radius 3 is 2.83 bits per heavy atom. The van der Waals surface area contributed by atoms with Crippen LogP contribution in [0.25, 0.3) is 0 Å². The van der Waals surface area contributed by atoms with Crippen molar-refractivity contribution in [3.63, 3.8) is 0 Å². The molecule has 0 spiro atoms. The van der Waals surface area contributed by atoms with Gasteiger partial charge in [-0.25, -0.2) is 14.8 Å². The fourth-order valence-electron chi connectivity index (χ4n) is 0.598. The summed E-state index contributed by atoms with van der Waals surface area (Å²) in [7, 11) is 1.63. The lowest BCUT2D eigenvalue weighted by Crippen LogP contribution is -2.04. The Morgan fingerprint density at radius 1 is 1.67 bits per heavy atom. The van der Waals surface area contributed by atoms with Gasteiger partial charge in [0.2, 0.25) is 5.95 Å². The first-order valence-corrected chi connectivity index (χ1v) is 2.98. The number of aromatic nitrogens is 2. The van der Waals surface area contributed by atoms with Crippen LogP contribution in [0.4, 0.5) is 5.95 Å². The topological polar surface area (TPSA) is 75.1 Å². The molecule has 66 valence electrons. The molecule has 1 rings (SSSR count). The Labute approximate surface area is 75.3 Å². The number of carboxylic acids is 1. The van der Waals surface area contributed by atoms with Crippen LogP contribution in [0.1, 0.15) is 10.5 Å². The van der Waals surface area contributed by atoms with Crippen molar-refractivity contribution in [2.24, 2.45) is 0 Å². The predicted molar refractivity (Wildman–Crippen MR) is 45.8 cm³/mol. The van der Waals surface area contributed by atoms with Gasteiger partial charge in [0.25, 0.3) is 0 Å². The third-order valence-electron chi connectivity index (χ3n) is 1.10. The summed E-state index contributed by atoms with van der Waals surface area (Å²) >= 11 is 0. The fourth-order valence-corrected chi connectivity index (χ4v) is 0.598. The second-order valence-electron chi connectivity index (χ2n) is 1.82. The van der Waals surface area contributed by atoms with Gasteiger partial charge in [-0.2, -0.15) is 0 Å². The van der Waals surface area contributed by atoms with Crippen molar-refractivity contribution in [3.05, 3.63) is 18.0 Å². The monoisotopic (exact) mass is 189 g/mol. The van der Waals surface area contributed by atoms with Crippen LogP contribution in [0.15, 0.2) is 12.3 Å². The molecule has 0 aliphatic carbocycles. The van der Waals surface area contributed by atoms with Gasteiger partial charge >= 0.3 is 5.97 Å². The normalized spacial score (nSPS) is 8.42. The van der Waals surface area contributed by atoms with Crippen LogP contribution in [0.5, 0.6) is 0 Å². The number of carbonyl (C=O) groups is 1. The molecule has 0 aromatic carbocycles. The molecule has 0 radical (unpaired) electrons. The zero-order valence-corrected chi connectivity index (χ0v) is 7.13. The average Bonchev–Trinajstić information content (AvgIpc) is 2.05. The summed E-state index contributed by atoms with van der Waals surface area (Å²) < 4.78 is 0. The maximum atomic E-state index is 10.4.